The third kappa shape index (κ3) is 6.65. The van der Waals surface area contributed by atoms with Gasteiger partial charge in [0.05, 0.1) is 5.54 Å². The number of nitrogens with zero attached hydrogens (tertiary/aromatic N) is 3. The van der Waals surface area contributed by atoms with E-state index in [4.69, 9.17) is 0 Å². The average molecular weight is 858 g/mol. The van der Waals surface area contributed by atoms with E-state index in [2.05, 4.69) is 234 Å². The molecule has 0 saturated heterocycles. The molecule has 0 N–H and O–H groups in total. The summed E-state index contributed by atoms with van der Waals surface area (Å²) in [6.45, 7) is 35.6. The second-order valence-electron chi connectivity index (χ2n) is 24.8. The molecule has 65 heavy (non-hydrogen) atoms. The maximum atomic E-state index is 2.75. The van der Waals surface area contributed by atoms with Crippen molar-refractivity contribution in [3.05, 3.63) is 149 Å². The molecule has 3 heterocycles. The number of benzene rings is 6. The fraction of sp³-hybridized carbons (Fsp3) is 0.410. The van der Waals surface area contributed by atoms with Crippen molar-refractivity contribution in [2.45, 2.75) is 162 Å². The fourth-order valence-corrected chi connectivity index (χ4v) is 12.3. The molecular formula is C61H72BN3. The first kappa shape index (κ1) is 43.7. The van der Waals surface area contributed by atoms with Crippen LogP contribution in [0.15, 0.2) is 115 Å². The molecule has 0 amide bonds. The highest BCUT2D eigenvalue weighted by Gasteiger charge is 2.58. The van der Waals surface area contributed by atoms with Gasteiger partial charge in [0, 0.05) is 50.9 Å². The molecule has 3 aliphatic heterocycles. The van der Waals surface area contributed by atoms with Crippen LogP contribution in [0.1, 0.15) is 156 Å². The van der Waals surface area contributed by atoms with Crippen LogP contribution in [0.25, 0.3) is 0 Å². The second kappa shape index (κ2) is 14.4. The normalized spacial score (nSPS) is 20.3. The van der Waals surface area contributed by atoms with E-state index in [1.165, 1.54) is 121 Å². The van der Waals surface area contributed by atoms with E-state index in [1.54, 1.807) is 0 Å². The van der Waals surface area contributed by atoms with Crippen LogP contribution in [0, 0.1) is 6.92 Å². The van der Waals surface area contributed by atoms with Gasteiger partial charge in [-0.1, -0.05) is 164 Å². The molecule has 334 valence electrons. The smallest absolute Gasteiger partial charge is 0.252 e. The Balaban J connectivity index is 1.28. The lowest BCUT2D eigenvalue weighted by atomic mass is 9.33. The van der Waals surface area contributed by atoms with Crippen LogP contribution in [0.5, 0.6) is 0 Å². The van der Waals surface area contributed by atoms with E-state index in [-0.39, 0.29) is 39.3 Å². The predicted octanol–water partition coefficient (Wildman–Crippen LogP) is 15.0. The SMILES string of the molecule is Cc1cc2c3c(c1)N(c1ccc(C(C)(C)C)cc1C(C)(C)C)c1ccc(C(C)(C)C)cc1B3c1ccc(N3c4ccccc4C4(C)CCCCC34C)cc1N2c1ccc(C(C)(C)C)cc1. The molecular weight excluding hydrogens is 786 g/mol. The van der Waals surface area contributed by atoms with Crippen LogP contribution >= 0.6 is 0 Å². The molecule has 6 aromatic carbocycles. The molecule has 4 heteroatoms. The van der Waals surface area contributed by atoms with Gasteiger partial charge in [0.2, 0.25) is 0 Å². The standard InChI is InChI=1S/C61H72BN3/c1-39-34-53-55-54(35-39)64(49-30-24-41(57(5,6)7)36-46(49)59(11,12)13)51-31-25-42(58(8,9)10)37-48(51)62(55)47-29-28-44(38-52(47)63(53)43-26-22-40(23-27-43)56(2,3)4)65-50-21-17-16-20-45(50)60(14)32-18-19-33-61(60,65)15/h16-17,20-31,34-38H,18-19,32-33H2,1-15H3. The molecule has 10 rings (SSSR count). The van der Waals surface area contributed by atoms with Gasteiger partial charge in [-0.25, -0.2) is 0 Å². The molecule has 1 aliphatic carbocycles. The topological polar surface area (TPSA) is 9.72 Å². The minimum absolute atomic E-state index is 0.0193. The summed E-state index contributed by atoms with van der Waals surface area (Å²) in [5.41, 5.74) is 22.6. The Kier molecular flexibility index (Phi) is 9.67. The number of hydrogen-bond acceptors (Lipinski definition) is 3. The molecule has 1 fully saturated rings. The zero-order valence-corrected chi connectivity index (χ0v) is 42.2. The van der Waals surface area contributed by atoms with Gasteiger partial charge < -0.3 is 14.7 Å². The lowest BCUT2D eigenvalue weighted by Crippen LogP contribution is -2.61. The molecule has 0 bridgehead atoms. The van der Waals surface area contributed by atoms with Gasteiger partial charge in [-0.3, -0.25) is 0 Å². The Hall–Kier alpha value is -5.22. The number of anilines is 8. The van der Waals surface area contributed by atoms with Crippen molar-refractivity contribution in [2.24, 2.45) is 0 Å². The van der Waals surface area contributed by atoms with Crippen molar-refractivity contribution in [2.75, 3.05) is 14.7 Å². The second-order valence-corrected chi connectivity index (χ2v) is 24.8. The van der Waals surface area contributed by atoms with Gasteiger partial charge >= 0.3 is 0 Å². The van der Waals surface area contributed by atoms with Gasteiger partial charge in [-0.2, -0.15) is 0 Å². The van der Waals surface area contributed by atoms with Gasteiger partial charge in [-0.05, 0) is 153 Å². The van der Waals surface area contributed by atoms with Gasteiger partial charge in [0.25, 0.3) is 6.71 Å². The number of rotatable bonds is 3. The van der Waals surface area contributed by atoms with Crippen molar-refractivity contribution in [1.29, 1.82) is 0 Å². The minimum atomic E-state index is -0.0914. The van der Waals surface area contributed by atoms with Crippen molar-refractivity contribution < 1.29 is 0 Å². The first-order valence-electron chi connectivity index (χ1n) is 24.6. The monoisotopic (exact) mass is 858 g/mol. The summed E-state index contributed by atoms with van der Waals surface area (Å²) >= 11 is 0. The lowest BCUT2D eigenvalue weighted by molar-refractivity contribution is 0.195. The molecule has 0 spiro atoms. The summed E-state index contributed by atoms with van der Waals surface area (Å²) in [6, 6.07) is 46.0. The van der Waals surface area contributed by atoms with E-state index in [0.29, 0.717) is 0 Å². The number of aryl methyl sites for hydroxylation is 1. The summed E-state index contributed by atoms with van der Waals surface area (Å²) in [4.78, 5) is 8.02. The fourth-order valence-electron chi connectivity index (χ4n) is 12.3. The Bertz CT molecular complexity index is 2880. The van der Waals surface area contributed by atoms with Crippen molar-refractivity contribution >= 4 is 68.6 Å². The predicted molar refractivity (Wildman–Crippen MR) is 283 cm³/mol. The Morgan fingerprint density at radius 2 is 1.03 bits per heavy atom. The van der Waals surface area contributed by atoms with Crippen LogP contribution in [-0.4, -0.2) is 12.3 Å². The van der Waals surface area contributed by atoms with Gasteiger partial charge in [0.15, 0.2) is 0 Å². The minimum Gasteiger partial charge on any atom is -0.334 e. The summed E-state index contributed by atoms with van der Waals surface area (Å²) in [7, 11) is 0. The Labute approximate surface area is 392 Å². The van der Waals surface area contributed by atoms with Gasteiger partial charge in [-0.15, -0.1) is 0 Å². The number of fused-ring (bicyclic) bond motifs is 7. The van der Waals surface area contributed by atoms with Crippen LogP contribution < -0.4 is 31.1 Å². The molecule has 2 unspecified atom stereocenters. The van der Waals surface area contributed by atoms with Crippen LogP contribution in [0.2, 0.25) is 0 Å². The number of hydrogen-bond donors (Lipinski definition) is 0. The third-order valence-electron chi connectivity index (χ3n) is 16.2. The maximum Gasteiger partial charge on any atom is 0.252 e. The zero-order valence-electron chi connectivity index (χ0n) is 42.2. The molecule has 1 saturated carbocycles. The molecule has 6 aromatic rings. The van der Waals surface area contributed by atoms with Crippen molar-refractivity contribution in [3.63, 3.8) is 0 Å². The Morgan fingerprint density at radius 3 is 1.68 bits per heavy atom. The quantitative estimate of drug-likeness (QED) is 0.164. The van der Waals surface area contributed by atoms with E-state index >= 15 is 0 Å². The highest BCUT2D eigenvalue weighted by molar-refractivity contribution is 7.00. The maximum absolute atomic E-state index is 2.75. The summed E-state index contributed by atoms with van der Waals surface area (Å²) in [5.74, 6) is 0. The van der Waals surface area contributed by atoms with Crippen LogP contribution in [0.3, 0.4) is 0 Å². The number of para-hydroxylation sites is 1. The van der Waals surface area contributed by atoms with Gasteiger partial charge in [0.1, 0.15) is 0 Å². The molecule has 2 atom stereocenters. The molecule has 0 radical (unpaired) electrons. The van der Waals surface area contributed by atoms with Crippen LogP contribution in [-0.2, 0) is 27.1 Å². The molecule has 4 aliphatic rings. The summed E-state index contributed by atoms with van der Waals surface area (Å²) in [6.07, 6.45) is 4.92. The van der Waals surface area contributed by atoms with E-state index in [1.807, 2.05) is 0 Å². The first-order chi connectivity index (χ1) is 30.4. The highest BCUT2D eigenvalue weighted by Crippen LogP contribution is 2.61. The van der Waals surface area contributed by atoms with E-state index in [0.717, 1.165) is 0 Å². The lowest BCUT2D eigenvalue weighted by Gasteiger charge is -2.50. The summed E-state index contributed by atoms with van der Waals surface area (Å²) in [5, 5.41) is 0. The molecule has 0 aromatic heterocycles. The Morgan fingerprint density at radius 1 is 0.462 bits per heavy atom. The molecule has 3 nitrogen and oxygen atoms in total. The van der Waals surface area contributed by atoms with E-state index in [9.17, 15) is 0 Å². The summed E-state index contributed by atoms with van der Waals surface area (Å²) < 4.78 is 0. The average Bonchev–Trinajstić information content (AvgIpc) is 3.44. The van der Waals surface area contributed by atoms with E-state index < -0.39 is 0 Å². The zero-order chi connectivity index (χ0) is 46.4. The van der Waals surface area contributed by atoms with Crippen LogP contribution in [0.4, 0.5) is 45.5 Å². The first-order valence-corrected chi connectivity index (χ1v) is 24.6. The third-order valence-corrected chi connectivity index (χ3v) is 16.2. The highest BCUT2D eigenvalue weighted by atomic mass is 15.3. The van der Waals surface area contributed by atoms with Crippen molar-refractivity contribution in [3.8, 4) is 0 Å². The van der Waals surface area contributed by atoms with Crippen molar-refractivity contribution in [1.82, 2.24) is 0 Å². The largest absolute Gasteiger partial charge is 0.334 e.